The van der Waals surface area contributed by atoms with Gasteiger partial charge in [0.2, 0.25) is 5.91 Å². The minimum atomic E-state index is -0.646. The molecule has 0 fully saturated rings. The lowest BCUT2D eigenvalue weighted by Gasteiger charge is -2.23. The van der Waals surface area contributed by atoms with E-state index in [1.54, 1.807) is 4.68 Å². The normalized spacial score (nSPS) is 11.2. The van der Waals surface area contributed by atoms with Gasteiger partial charge in [-0.2, -0.15) is 5.10 Å². The molecule has 0 atom stereocenters. The maximum Gasteiger partial charge on any atom is 0.288 e. The lowest BCUT2D eigenvalue weighted by Crippen LogP contribution is -2.38. The fourth-order valence-corrected chi connectivity index (χ4v) is 4.34. The fraction of sp³-hybridized carbons (Fsp3) is 0.233. The lowest BCUT2D eigenvalue weighted by molar-refractivity contribution is -0.384. The van der Waals surface area contributed by atoms with Gasteiger partial charge in [0.15, 0.2) is 0 Å². The van der Waals surface area contributed by atoms with Crippen molar-refractivity contribution in [3.05, 3.63) is 116 Å². The van der Waals surface area contributed by atoms with Gasteiger partial charge in [0.25, 0.3) is 11.6 Å². The highest BCUT2D eigenvalue weighted by molar-refractivity contribution is 6.32. The highest BCUT2D eigenvalue weighted by Gasteiger charge is 2.25. The molecule has 0 aliphatic heterocycles. The molecule has 0 bridgehead atoms. The first-order valence-electron chi connectivity index (χ1n) is 12.7. The second-order valence-corrected chi connectivity index (χ2v) is 10.9. The van der Waals surface area contributed by atoms with Crippen LogP contribution in [-0.4, -0.2) is 38.0 Å². The molecule has 0 saturated carbocycles. The summed E-state index contributed by atoms with van der Waals surface area (Å²) >= 11 is 5.95. The van der Waals surface area contributed by atoms with Gasteiger partial charge in [-0.25, -0.2) is 4.68 Å². The molecule has 1 heterocycles. The Morgan fingerprint density at radius 2 is 1.70 bits per heavy atom. The molecule has 4 rings (SSSR count). The Hall–Kier alpha value is -4.50. The molecule has 3 aromatic carbocycles. The number of benzene rings is 3. The Kier molecular flexibility index (Phi) is 8.35. The van der Waals surface area contributed by atoms with Crippen LogP contribution in [0.15, 0.2) is 78.9 Å². The maximum absolute atomic E-state index is 13.6. The van der Waals surface area contributed by atoms with Gasteiger partial charge in [-0.15, -0.1) is 0 Å². The number of aromatic nitrogens is 2. The number of amides is 2. The van der Waals surface area contributed by atoms with E-state index in [0.29, 0.717) is 5.82 Å². The van der Waals surface area contributed by atoms with Crippen molar-refractivity contribution in [2.45, 2.75) is 39.7 Å². The van der Waals surface area contributed by atoms with E-state index in [4.69, 9.17) is 16.7 Å². The zero-order valence-corrected chi connectivity index (χ0v) is 23.5. The number of nitrogens with zero attached hydrogens (tertiary/aromatic N) is 4. The molecule has 1 aromatic heterocycles. The van der Waals surface area contributed by atoms with Crippen molar-refractivity contribution in [3.63, 3.8) is 0 Å². The van der Waals surface area contributed by atoms with Crippen molar-refractivity contribution in [2.75, 3.05) is 11.9 Å². The molecule has 40 heavy (non-hydrogen) atoms. The van der Waals surface area contributed by atoms with Crippen LogP contribution in [-0.2, 0) is 16.8 Å². The SMILES string of the molecule is Cc1ccccc1-n1nc(C(C)(C)C)cc1NC(=O)CN(Cc1ccccc1)C(=O)c1ccc(Cl)c([N+](=O)[O-])c1. The van der Waals surface area contributed by atoms with Crippen molar-refractivity contribution >= 4 is 34.9 Å². The van der Waals surface area contributed by atoms with Gasteiger partial charge in [-0.3, -0.25) is 19.7 Å². The molecule has 2 amide bonds. The van der Waals surface area contributed by atoms with Crippen LogP contribution in [0, 0.1) is 17.0 Å². The first-order valence-corrected chi connectivity index (χ1v) is 13.1. The maximum atomic E-state index is 13.6. The quantitative estimate of drug-likeness (QED) is 0.200. The third kappa shape index (κ3) is 6.55. The van der Waals surface area contributed by atoms with Gasteiger partial charge in [-0.1, -0.05) is 80.9 Å². The number of anilines is 1. The molecule has 9 nitrogen and oxygen atoms in total. The second-order valence-electron chi connectivity index (χ2n) is 10.5. The zero-order valence-electron chi connectivity index (χ0n) is 22.7. The number of aryl methyl sites for hydroxylation is 1. The number of nitro benzene ring substituents is 1. The lowest BCUT2D eigenvalue weighted by atomic mass is 9.92. The van der Waals surface area contributed by atoms with Crippen LogP contribution in [0.4, 0.5) is 11.5 Å². The summed E-state index contributed by atoms with van der Waals surface area (Å²) in [6, 6.07) is 22.6. The highest BCUT2D eigenvalue weighted by atomic mass is 35.5. The summed E-state index contributed by atoms with van der Waals surface area (Å²) in [5.74, 6) is -0.511. The van der Waals surface area contributed by atoms with Crippen LogP contribution in [0.3, 0.4) is 0 Å². The highest BCUT2D eigenvalue weighted by Crippen LogP contribution is 2.28. The Balaban J connectivity index is 1.66. The second kappa shape index (κ2) is 11.7. The van der Waals surface area contributed by atoms with E-state index in [9.17, 15) is 19.7 Å². The average molecular weight is 560 g/mol. The molecule has 0 aliphatic rings. The summed E-state index contributed by atoms with van der Waals surface area (Å²) in [4.78, 5) is 39.1. The van der Waals surface area contributed by atoms with Gasteiger partial charge in [0, 0.05) is 29.7 Å². The number of nitrogens with one attached hydrogen (secondary N) is 1. The summed E-state index contributed by atoms with van der Waals surface area (Å²) in [7, 11) is 0. The smallest absolute Gasteiger partial charge is 0.288 e. The molecule has 0 spiro atoms. The number of rotatable bonds is 8. The Bertz CT molecular complexity index is 1560. The van der Waals surface area contributed by atoms with Crippen molar-refractivity contribution in [1.82, 2.24) is 14.7 Å². The van der Waals surface area contributed by atoms with Gasteiger partial charge >= 0.3 is 0 Å². The van der Waals surface area contributed by atoms with E-state index < -0.39 is 16.7 Å². The van der Waals surface area contributed by atoms with E-state index in [2.05, 4.69) is 5.32 Å². The number of hydrogen-bond donors (Lipinski definition) is 1. The van der Waals surface area contributed by atoms with Crippen molar-refractivity contribution in [2.24, 2.45) is 0 Å². The topological polar surface area (TPSA) is 110 Å². The zero-order chi connectivity index (χ0) is 29.0. The van der Waals surface area contributed by atoms with E-state index in [1.807, 2.05) is 88.4 Å². The van der Waals surface area contributed by atoms with Crippen LogP contribution in [0.1, 0.15) is 48.0 Å². The van der Waals surface area contributed by atoms with E-state index in [0.717, 1.165) is 28.6 Å². The van der Waals surface area contributed by atoms with Crippen molar-refractivity contribution in [1.29, 1.82) is 0 Å². The van der Waals surface area contributed by atoms with Gasteiger partial charge in [0.05, 0.1) is 16.3 Å². The number of carbonyl (C=O) groups is 2. The third-order valence-corrected chi connectivity index (χ3v) is 6.64. The summed E-state index contributed by atoms with van der Waals surface area (Å²) in [5.41, 5.74) is 2.79. The van der Waals surface area contributed by atoms with Gasteiger partial charge in [0.1, 0.15) is 17.4 Å². The fourth-order valence-electron chi connectivity index (χ4n) is 4.15. The standard InChI is InChI=1S/C30H30ClN5O4/c1-20-10-8-9-13-24(20)35-27(17-26(33-35)30(2,3)4)32-28(37)19-34(18-21-11-6-5-7-12-21)29(38)22-14-15-23(31)25(16-22)36(39)40/h5-17H,18-19H2,1-4H3,(H,32,37). The van der Waals surface area contributed by atoms with Crippen molar-refractivity contribution < 1.29 is 14.5 Å². The molecule has 4 aromatic rings. The largest absolute Gasteiger partial charge is 0.325 e. The predicted molar refractivity (Wildman–Crippen MR) is 155 cm³/mol. The van der Waals surface area contributed by atoms with Crippen LogP contribution in [0.25, 0.3) is 5.69 Å². The molecule has 0 radical (unpaired) electrons. The Labute approximate surface area is 237 Å². The molecule has 0 aliphatic carbocycles. The minimum Gasteiger partial charge on any atom is -0.325 e. The molecular weight excluding hydrogens is 530 g/mol. The predicted octanol–water partition coefficient (Wildman–Crippen LogP) is 6.32. The summed E-state index contributed by atoms with van der Waals surface area (Å²) in [5, 5.41) is 19.0. The van der Waals surface area contributed by atoms with Crippen molar-refractivity contribution in [3.8, 4) is 5.69 Å². The number of hydrogen-bond acceptors (Lipinski definition) is 5. The number of halogens is 1. The van der Waals surface area contributed by atoms with E-state index in [1.165, 1.54) is 17.0 Å². The Morgan fingerprint density at radius 1 is 1.02 bits per heavy atom. The van der Waals surface area contributed by atoms with Crippen LogP contribution < -0.4 is 5.32 Å². The number of carbonyl (C=O) groups excluding carboxylic acids is 2. The minimum absolute atomic E-state index is 0.0554. The molecule has 0 unspecified atom stereocenters. The molecule has 10 heteroatoms. The average Bonchev–Trinajstić information content (AvgIpc) is 3.33. The first-order chi connectivity index (χ1) is 18.9. The number of para-hydroxylation sites is 1. The monoisotopic (exact) mass is 559 g/mol. The summed E-state index contributed by atoms with van der Waals surface area (Å²) < 4.78 is 1.69. The van der Waals surface area contributed by atoms with E-state index >= 15 is 0 Å². The number of nitro groups is 1. The molecule has 206 valence electrons. The van der Waals surface area contributed by atoms with Crippen LogP contribution in [0.2, 0.25) is 5.02 Å². The summed E-state index contributed by atoms with van der Waals surface area (Å²) in [6.07, 6.45) is 0. The third-order valence-electron chi connectivity index (χ3n) is 6.32. The summed E-state index contributed by atoms with van der Waals surface area (Å²) in [6.45, 7) is 7.89. The van der Waals surface area contributed by atoms with Crippen LogP contribution >= 0.6 is 11.6 Å². The molecule has 1 N–H and O–H groups in total. The first kappa shape index (κ1) is 28.5. The molecule has 0 saturated heterocycles. The molecular formula is C30H30ClN5O4. The Morgan fingerprint density at radius 3 is 2.35 bits per heavy atom. The van der Waals surface area contributed by atoms with Gasteiger partial charge < -0.3 is 10.2 Å². The van der Waals surface area contributed by atoms with Crippen LogP contribution in [0.5, 0.6) is 0 Å². The van der Waals surface area contributed by atoms with E-state index in [-0.39, 0.29) is 34.8 Å². The van der Waals surface area contributed by atoms with Gasteiger partial charge in [-0.05, 0) is 36.2 Å².